The van der Waals surface area contributed by atoms with Crippen molar-refractivity contribution in [3.05, 3.63) is 102 Å². The van der Waals surface area contributed by atoms with E-state index in [4.69, 9.17) is 4.74 Å². The Bertz CT molecular complexity index is 1130. The number of nitrogens with zero attached hydrogens (tertiary/aromatic N) is 1. The van der Waals surface area contributed by atoms with Gasteiger partial charge in [0.25, 0.3) is 0 Å². The average molecular weight is 422 g/mol. The van der Waals surface area contributed by atoms with Crippen LogP contribution in [0.25, 0.3) is 0 Å². The SMILES string of the molecule is CC1(C)OC(=O)N([C@H](c2ccccc2)S(=O)(=O)c2ccccc2)[C@@H]1c1ccccc1. The van der Waals surface area contributed by atoms with Crippen LogP contribution in [0.2, 0.25) is 0 Å². The normalized spacial score (nSPS) is 19.3. The Hall–Kier alpha value is -3.12. The third-order valence-electron chi connectivity index (χ3n) is 5.32. The van der Waals surface area contributed by atoms with Crippen LogP contribution < -0.4 is 0 Å². The number of amides is 1. The van der Waals surface area contributed by atoms with E-state index >= 15 is 0 Å². The van der Waals surface area contributed by atoms with Crippen molar-refractivity contribution in [3.8, 4) is 0 Å². The van der Waals surface area contributed by atoms with E-state index in [-0.39, 0.29) is 4.90 Å². The molecule has 30 heavy (non-hydrogen) atoms. The van der Waals surface area contributed by atoms with Crippen molar-refractivity contribution >= 4 is 15.9 Å². The molecule has 0 saturated carbocycles. The molecule has 154 valence electrons. The highest BCUT2D eigenvalue weighted by Gasteiger charge is 2.54. The standard InChI is InChI=1S/C24H23NO4S/c1-24(2)21(18-12-6-3-7-13-18)25(23(26)29-24)22(19-14-8-4-9-15-19)30(27,28)20-16-10-5-11-17-20/h3-17,21-22H,1-2H3/t21-,22+/m1/s1. The van der Waals surface area contributed by atoms with Gasteiger partial charge in [-0.25, -0.2) is 13.2 Å². The molecule has 0 aromatic heterocycles. The Morgan fingerprint density at radius 2 is 1.33 bits per heavy atom. The van der Waals surface area contributed by atoms with Crippen LogP contribution in [0.1, 0.15) is 36.4 Å². The number of carbonyl (C=O) groups excluding carboxylic acids is 1. The van der Waals surface area contributed by atoms with Crippen molar-refractivity contribution in [2.75, 3.05) is 0 Å². The summed E-state index contributed by atoms with van der Waals surface area (Å²) in [5, 5.41) is -1.22. The molecule has 3 aromatic rings. The number of hydrogen-bond acceptors (Lipinski definition) is 4. The van der Waals surface area contributed by atoms with E-state index in [1.54, 1.807) is 68.4 Å². The average Bonchev–Trinajstić information content (AvgIpc) is 2.98. The van der Waals surface area contributed by atoms with E-state index in [1.165, 1.54) is 4.90 Å². The summed E-state index contributed by atoms with van der Waals surface area (Å²) in [5.74, 6) is 0. The number of carbonyl (C=O) groups is 1. The molecular formula is C24H23NO4S. The summed E-state index contributed by atoms with van der Waals surface area (Å²) in [5.41, 5.74) is 0.423. The molecular weight excluding hydrogens is 398 g/mol. The van der Waals surface area contributed by atoms with Crippen LogP contribution >= 0.6 is 0 Å². The van der Waals surface area contributed by atoms with Gasteiger partial charge in [0.2, 0.25) is 9.84 Å². The number of hydrogen-bond donors (Lipinski definition) is 0. The summed E-state index contributed by atoms with van der Waals surface area (Å²) < 4.78 is 33.3. The Morgan fingerprint density at radius 1 is 0.833 bits per heavy atom. The van der Waals surface area contributed by atoms with Crippen LogP contribution in [0.4, 0.5) is 4.79 Å². The van der Waals surface area contributed by atoms with Gasteiger partial charge in [-0.2, -0.15) is 0 Å². The van der Waals surface area contributed by atoms with E-state index in [0.717, 1.165) is 5.56 Å². The lowest BCUT2D eigenvalue weighted by atomic mass is 9.91. The predicted octanol–water partition coefficient (Wildman–Crippen LogP) is 5.13. The quantitative estimate of drug-likeness (QED) is 0.573. The zero-order valence-corrected chi connectivity index (χ0v) is 17.6. The Balaban J connectivity index is 1.93. The van der Waals surface area contributed by atoms with Crippen LogP contribution in [0.15, 0.2) is 95.9 Å². The molecule has 1 heterocycles. The van der Waals surface area contributed by atoms with Gasteiger partial charge in [-0.1, -0.05) is 78.9 Å². The summed E-state index contributed by atoms with van der Waals surface area (Å²) in [6.07, 6.45) is -0.651. The minimum absolute atomic E-state index is 0.156. The van der Waals surface area contributed by atoms with Gasteiger partial charge in [-0.05, 0) is 37.1 Å². The van der Waals surface area contributed by atoms with Gasteiger partial charge in [-0.3, -0.25) is 4.90 Å². The lowest BCUT2D eigenvalue weighted by molar-refractivity contribution is 0.0674. The van der Waals surface area contributed by atoms with E-state index in [2.05, 4.69) is 0 Å². The van der Waals surface area contributed by atoms with Gasteiger partial charge in [0.15, 0.2) is 5.37 Å². The highest BCUT2D eigenvalue weighted by atomic mass is 32.2. The number of ether oxygens (including phenoxy) is 1. The molecule has 0 spiro atoms. The van der Waals surface area contributed by atoms with Gasteiger partial charge in [0, 0.05) is 0 Å². The Morgan fingerprint density at radius 3 is 1.90 bits per heavy atom. The zero-order valence-electron chi connectivity index (χ0n) is 16.8. The number of rotatable bonds is 5. The molecule has 1 amide bonds. The van der Waals surface area contributed by atoms with Crippen molar-refractivity contribution in [3.63, 3.8) is 0 Å². The second-order valence-corrected chi connectivity index (χ2v) is 9.82. The van der Waals surface area contributed by atoms with Crippen LogP contribution in [-0.2, 0) is 14.6 Å². The van der Waals surface area contributed by atoms with Crippen molar-refractivity contribution in [1.29, 1.82) is 0 Å². The molecule has 1 fully saturated rings. The highest BCUT2D eigenvalue weighted by molar-refractivity contribution is 7.91. The molecule has 6 heteroatoms. The van der Waals surface area contributed by atoms with E-state index < -0.39 is 32.9 Å². The lowest BCUT2D eigenvalue weighted by Gasteiger charge is -2.34. The molecule has 1 saturated heterocycles. The third kappa shape index (κ3) is 3.48. The first kappa shape index (κ1) is 20.2. The van der Waals surface area contributed by atoms with Gasteiger partial charge in [0.05, 0.1) is 4.90 Å². The van der Waals surface area contributed by atoms with Gasteiger partial charge in [0.1, 0.15) is 11.6 Å². The first-order valence-electron chi connectivity index (χ1n) is 9.72. The molecule has 3 aromatic carbocycles. The summed E-state index contributed by atoms with van der Waals surface area (Å²) in [4.78, 5) is 14.6. The number of benzene rings is 3. The maximum Gasteiger partial charge on any atom is 0.412 e. The fourth-order valence-electron chi connectivity index (χ4n) is 4.05. The molecule has 0 unspecified atom stereocenters. The molecule has 5 nitrogen and oxygen atoms in total. The molecule has 1 aliphatic rings. The third-order valence-corrected chi connectivity index (χ3v) is 7.33. The molecule has 2 atom stereocenters. The van der Waals surface area contributed by atoms with E-state index in [1.807, 2.05) is 36.4 Å². The summed E-state index contributed by atoms with van der Waals surface area (Å²) in [6, 6.07) is 25.9. The first-order valence-corrected chi connectivity index (χ1v) is 11.3. The fraction of sp³-hybridized carbons (Fsp3) is 0.208. The smallest absolute Gasteiger partial charge is 0.412 e. The maximum absolute atomic E-state index is 13.8. The molecule has 0 aliphatic carbocycles. The zero-order chi connectivity index (χ0) is 21.4. The fourth-order valence-corrected chi connectivity index (χ4v) is 5.86. The second kappa shape index (κ2) is 7.61. The van der Waals surface area contributed by atoms with Crippen molar-refractivity contribution < 1.29 is 17.9 Å². The number of cyclic esters (lactones) is 1. The van der Waals surface area contributed by atoms with E-state index in [9.17, 15) is 13.2 Å². The van der Waals surface area contributed by atoms with Gasteiger partial charge >= 0.3 is 6.09 Å². The van der Waals surface area contributed by atoms with Crippen molar-refractivity contribution in [2.45, 2.75) is 35.8 Å². The minimum Gasteiger partial charge on any atom is -0.441 e. The summed E-state index contributed by atoms with van der Waals surface area (Å²) in [6.45, 7) is 3.61. The Kier molecular flexibility index (Phi) is 5.12. The maximum atomic E-state index is 13.8. The summed E-state index contributed by atoms with van der Waals surface area (Å²) >= 11 is 0. The van der Waals surface area contributed by atoms with Gasteiger partial charge in [-0.15, -0.1) is 0 Å². The predicted molar refractivity (Wildman–Crippen MR) is 114 cm³/mol. The number of sulfone groups is 1. The topological polar surface area (TPSA) is 63.7 Å². The van der Waals surface area contributed by atoms with Crippen LogP contribution in [0.3, 0.4) is 0 Å². The van der Waals surface area contributed by atoms with Crippen molar-refractivity contribution in [2.24, 2.45) is 0 Å². The Labute approximate surface area is 176 Å². The largest absolute Gasteiger partial charge is 0.441 e. The molecule has 0 radical (unpaired) electrons. The highest BCUT2D eigenvalue weighted by Crippen LogP contribution is 2.48. The minimum atomic E-state index is -3.94. The monoisotopic (exact) mass is 421 g/mol. The molecule has 0 N–H and O–H groups in total. The lowest BCUT2D eigenvalue weighted by Crippen LogP contribution is -2.39. The van der Waals surface area contributed by atoms with Crippen LogP contribution in [0.5, 0.6) is 0 Å². The van der Waals surface area contributed by atoms with Gasteiger partial charge < -0.3 is 4.74 Å². The van der Waals surface area contributed by atoms with Crippen LogP contribution in [-0.4, -0.2) is 25.0 Å². The summed E-state index contributed by atoms with van der Waals surface area (Å²) in [7, 11) is -3.94. The molecule has 1 aliphatic heterocycles. The molecule has 4 rings (SSSR count). The molecule has 0 bridgehead atoms. The second-order valence-electron chi connectivity index (χ2n) is 7.81. The van der Waals surface area contributed by atoms with Crippen molar-refractivity contribution in [1.82, 2.24) is 4.90 Å². The first-order chi connectivity index (χ1) is 14.3. The van der Waals surface area contributed by atoms with E-state index in [0.29, 0.717) is 5.56 Å². The van der Waals surface area contributed by atoms with Crippen LogP contribution in [0, 0.1) is 0 Å².